The predicted octanol–water partition coefficient (Wildman–Crippen LogP) is 3.09. The van der Waals surface area contributed by atoms with Gasteiger partial charge in [0.05, 0.1) is 10.6 Å². The van der Waals surface area contributed by atoms with Crippen molar-refractivity contribution in [3.8, 4) is 11.3 Å². The molecule has 3 aromatic rings. The summed E-state index contributed by atoms with van der Waals surface area (Å²) in [5.41, 5.74) is 7.59. The number of non-ortho nitro benzene ring substituents is 1. The minimum atomic E-state index is -0.487. The summed E-state index contributed by atoms with van der Waals surface area (Å²) in [4.78, 5) is 23.0. The number of halogens is 1. The number of nitro benzene ring substituents is 1. The standard InChI is InChI=1S/C17H13ClN4O3S/c18-12-3-1-2-10(8-12)9-14-15(20-21(16(14)23)17(19)26)11-4-6-13(7-5-11)22(24)25/h1-8,20H,9H2,(H2,19,26). The average Bonchev–Trinajstić information content (AvgIpc) is 2.92. The zero-order valence-electron chi connectivity index (χ0n) is 13.3. The number of nitrogens with two attached hydrogens (primary N) is 1. The van der Waals surface area contributed by atoms with Gasteiger partial charge in [0.25, 0.3) is 11.2 Å². The smallest absolute Gasteiger partial charge is 0.277 e. The maximum atomic E-state index is 12.7. The molecule has 0 bridgehead atoms. The monoisotopic (exact) mass is 388 g/mol. The van der Waals surface area contributed by atoms with Gasteiger partial charge >= 0.3 is 0 Å². The van der Waals surface area contributed by atoms with Crippen LogP contribution in [0, 0.1) is 10.1 Å². The number of rotatable bonds is 4. The lowest BCUT2D eigenvalue weighted by molar-refractivity contribution is -0.384. The number of nitro groups is 1. The average molecular weight is 389 g/mol. The molecular weight excluding hydrogens is 376 g/mol. The Bertz CT molecular complexity index is 1060. The minimum absolute atomic E-state index is 0.0405. The van der Waals surface area contributed by atoms with Crippen LogP contribution < -0.4 is 11.3 Å². The molecule has 0 aliphatic rings. The van der Waals surface area contributed by atoms with Crippen molar-refractivity contribution in [3.63, 3.8) is 0 Å². The van der Waals surface area contributed by atoms with Crippen LogP contribution in [-0.2, 0) is 6.42 Å². The molecule has 0 unspecified atom stereocenters. The van der Waals surface area contributed by atoms with Crippen LogP contribution in [0.3, 0.4) is 0 Å². The van der Waals surface area contributed by atoms with Gasteiger partial charge in [-0.1, -0.05) is 23.7 Å². The SMILES string of the molecule is NC(=S)n1[nH]c(-c2ccc([N+](=O)[O-])cc2)c(Cc2cccc(Cl)c2)c1=O. The molecule has 0 aliphatic heterocycles. The van der Waals surface area contributed by atoms with Crippen LogP contribution in [0.1, 0.15) is 11.1 Å². The van der Waals surface area contributed by atoms with E-state index >= 15 is 0 Å². The number of thiocarbonyl (C=S) groups is 1. The van der Waals surface area contributed by atoms with Crippen molar-refractivity contribution in [2.45, 2.75) is 6.42 Å². The summed E-state index contributed by atoms with van der Waals surface area (Å²) >= 11 is 10.9. The van der Waals surface area contributed by atoms with E-state index in [4.69, 9.17) is 29.6 Å². The number of hydrogen-bond donors (Lipinski definition) is 2. The highest BCUT2D eigenvalue weighted by molar-refractivity contribution is 7.80. The first-order valence-corrected chi connectivity index (χ1v) is 8.28. The molecule has 1 aromatic heterocycles. The lowest BCUT2D eigenvalue weighted by Gasteiger charge is -2.04. The van der Waals surface area contributed by atoms with Crippen LogP contribution in [0.15, 0.2) is 53.3 Å². The van der Waals surface area contributed by atoms with Crippen LogP contribution in [0.25, 0.3) is 11.3 Å². The fourth-order valence-electron chi connectivity index (χ4n) is 2.63. The van der Waals surface area contributed by atoms with Crippen molar-refractivity contribution in [3.05, 3.63) is 85.1 Å². The fourth-order valence-corrected chi connectivity index (χ4v) is 2.97. The molecular formula is C17H13ClN4O3S. The third-order valence-electron chi connectivity index (χ3n) is 3.84. The Morgan fingerprint density at radius 2 is 1.96 bits per heavy atom. The number of H-pyrrole nitrogens is 1. The van der Waals surface area contributed by atoms with Crippen molar-refractivity contribution in [1.29, 1.82) is 0 Å². The number of nitrogens with one attached hydrogen (secondary N) is 1. The maximum Gasteiger partial charge on any atom is 0.277 e. The fraction of sp³-hybridized carbons (Fsp3) is 0.0588. The summed E-state index contributed by atoms with van der Waals surface area (Å²) in [6.07, 6.45) is 0.303. The Labute approximate surface area is 158 Å². The number of aromatic nitrogens is 2. The van der Waals surface area contributed by atoms with Gasteiger partial charge < -0.3 is 5.73 Å². The first-order chi connectivity index (χ1) is 12.4. The third-order valence-corrected chi connectivity index (χ3v) is 4.26. The Morgan fingerprint density at radius 3 is 2.54 bits per heavy atom. The van der Waals surface area contributed by atoms with E-state index < -0.39 is 4.92 Å². The maximum absolute atomic E-state index is 12.7. The first-order valence-electron chi connectivity index (χ1n) is 7.50. The molecule has 2 aromatic carbocycles. The van der Waals surface area contributed by atoms with E-state index in [1.54, 1.807) is 30.3 Å². The van der Waals surface area contributed by atoms with E-state index in [9.17, 15) is 14.9 Å². The lowest BCUT2D eigenvalue weighted by atomic mass is 10.0. The largest absolute Gasteiger partial charge is 0.374 e. The summed E-state index contributed by atoms with van der Waals surface area (Å²) in [5, 5.41) is 14.2. The second-order valence-electron chi connectivity index (χ2n) is 5.55. The summed E-state index contributed by atoms with van der Waals surface area (Å²) < 4.78 is 1.08. The molecule has 3 rings (SSSR count). The van der Waals surface area contributed by atoms with E-state index in [2.05, 4.69) is 5.10 Å². The van der Waals surface area contributed by atoms with Crippen molar-refractivity contribution in [2.75, 3.05) is 0 Å². The Balaban J connectivity index is 2.11. The van der Waals surface area contributed by atoms with Crippen molar-refractivity contribution in [2.24, 2.45) is 5.73 Å². The summed E-state index contributed by atoms with van der Waals surface area (Å²) in [7, 11) is 0. The van der Waals surface area contributed by atoms with Gasteiger partial charge in [-0.05, 0) is 42.0 Å². The van der Waals surface area contributed by atoms with Crippen LogP contribution in [0.5, 0.6) is 0 Å². The van der Waals surface area contributed by atoms with E-state index in [1.807, 2.05) is 6.07 Å². The van der Waals surface area contributed by atoms with Gasteiger partial charge in [0, 0.05) is 34.7 Å². The number of hydrogen-bond acceptors (Lipinski definition) is 4. The molecule has 3 N–H and O–H groups in total. The minimum Gasteiger partial charge on any atom is -0.374 e. The van der Waals surface area contributed by atoms with Crippen LogP contribution in [-0.4, -0.2) is 19.8 Å². The van der Waals surface area contributed by atoms with Crippen molar-refractivity contribution >= 4 is 34.6 Å². The zero-order valence-corrected chi connectivity index (χ0v) is 14.9. The summed E-state index contributed by atoms with van der Waals surface area (Å²) in [5.74, 6) is 0. The van der Waals surface area contributed by atoms with Gasteiger partial charge in [-0.2, -0.15) is 4.68 Å². The first kappa shape index (κ1) is 17.8. The van der Waals surface area contributed by atoms with Gasteiger partial charge in [0.15, 0.2) is 5.11 Å². The lowest BCUT2D eigenvalue weighted by Crippen LogP contribution is -2.30. The number of benzene rings is 2. The number of nitrogens with zero attached hydrogens (tertiary/aromatic N) is 2. The molecule has 0 saturated heterocycles. The third kappa shape index (κ3) is 3.51. The van der Waals surface area contributed by atoms with E-state index in [0.717, 1.165) is 10.2 Å². The normalized spacial score (nSPS) is 10.7. The predicted molar refractivity (Wildman–Crippen MR) is 104 cm³/mol. The van der Waals surface area contributed by atoms with Gasteiger partial charge in [-0.3, -0.25) is 20.0 Å². The molecule has 0 saturated carbocycles. The van der Waals surface area contributed by atoms with E-state index in [0.29, 0.717) is 28.3 Å². The Kier molecular flexibility index (Phi) is 4.88. The van der Waals surface area contributed by atoms with Gasteiger partial charge in [0.1, 0.15) is 0 Å². The molecule has 1 heterocycles. The molecule has 0 atom stereocenters. The van der Waals surface area contributed by atoms with Crippen LogP contribution >= 0.6 is 23.8 Å². The molecule has 132 valence electrons. The molecule has 26 heavy (non-hydrogen) atoms. The van der Waals surface area contributed by atoms with Gasteiger partial charge in [0.2, 0.25) is 0 Å². The molecule has 7 nitrogen and oxygen atoms in total. The summed E-state index contributed by atoms with van der Waals surface area (Å²) in [6.45, 7) is 0. The van der Waals surface area contributed by atoms with Crippen molar-refractivity contribution < 1.29 is 4.92 Å². The van der Waals surface area contributed by atoms with E-state index in [1.165, 1.54) is 12.1 Å². The second-order valence-corrected chi connectivity index (χ2v) is 6.41. The van der Waals surface area contributed by atoms with E-state index in [-0.39, 0.29) is 16.4 Å². The van der Waals surface area contributed by atoms with Crippen LogP contribution in [0.4, 0.5) is 5.69 Å². The molecule has 0 radical (unpaired) electrons. The highest BCUT2D eigenvalue weighted by atomic mass is 35.5. The summed E-state index contributed by atoms with van der Waals surface area (Å²) in [6, 6.07) is 13.0. The zero-order chi connectivity index (χ0) is 18.8. The second kappa shape index (κ2) is 7.11. The topological polar surface area (TPSA) is 107 Å². The molecule has 0 amide bonds. The molecule has 9 heteroatoms. The Morgan fingerprint density at radius 1 is 1.27 bits per heavy atom. The molecule has 0 spiro atoms. The molecule has 0 aliphatic carbocycles. The van der Waals surface area contributed by atoms with Gasteiger partial charge in [-0.15, -0.1) is 0 Å². The quantitative estimate of drug-likeness (QED) is 0.405. The highest BCUT2D eigenvalue weighted by Gasteiger charge is 2.18. The van der Waals surface area contributed by atoms with Crippen molar-refractivity contribution in [1.82, 2.24) is 9.78 Å². The Hall–Kier alpha value is -2.97. The molecule has 0 fully saturated rings. The number of aromatic amines is 1. The van der Waals surface area contributed by atoms with Crippen LogP contribution in [0.2, 0.25) is 5.02 Å². The van der Waals surface area contributed by atoms with Gasteiger partial charge in [-0.25, -0.2) is 0 Å². The highest BCUT2D eigenvalue weighted by Crippen LogP contribution is 2.25.